The van der Waals surface area contributed by atoms with Crippen molar-refractivity contribution < 1.29 is 38.1 Å². The van der Waals surface area contributed by atoms with Crippen molar-refractivity contribution in [2.75, 3.05) is 0 Å². The molecule has 0 saturated carbocycles. The fraction of sp³-hybridized carbons (Fsp3) is 0.667. The largest absolute Gasteiger partial charge is 0.459 e. The standard InChI is InChI=1S/C30H47NO8/c1-7-9-11-13-27(32)38-25-16-15-23(19-26(25)39-28(33)14-12-10-8-2)18-24(31)30(35)37-22(6)21(5)36-29(34)17-20(3)4/h15-16,19-22,24H,7-14,17-18,31H2,1-6H3/t21?,22-,24-/m0/s1. The number of rotatable bonds is 18. The summed E-state index contributed by atoms with van der Waals surface area (Å²) >= 11 is 0. The molecular weight excluding hydrogens is 502 g/mol. The van der Waals surface area contributed by atoms with Gasteiger partial charge in [0.1, 0.15) is 18.2 Å². The summed E-state index contributed by atoms with van der Waals surface area (Å²) < 4.78 is 21.8. The highest BCUT2D eigenvalue weighted by Crippen LogP contribution is 2.30. The van der Waals surface area contributed by atoms with Crippen molar-refractivity contribution in [1.29, 1.82) is 0 Å². The van der Waals surface area contributed by atoms with Crippen molar-refractivity contribution in [3.63, 3.8) is 0 Å². The van der Waals surface area contributed by atoms with Crippen molar-refractivity contribution >= 4 is 23.9 Å². The Balaban J connectivity index is 2.88. The third-order valence-corrected chi connectivity index (χ3v) is 6.04. The topological polar surface area (TPSA) is 131 Å². The number of carbonyl (C=O) groups is 4. The van der Waals surface area contributed by atoms with Gasteiger partial charge in [0, 0.05) is 19.3 Å². The molecule has 1 aromatic carbocycles. The Morgan fingerprint density at radius 2 is 1.28 bits per heavy atom. The van der Waals surface area contributed by atoms with Crippen molar-refractivity contribution in [1.82, 2.24) is 0 Å². The number of hydrogen-bond donors (Lipinski definition) is 1. The first-order valence-electron chi connectivity index (χ1n) is 14.2. The van der Waals surface area contributed by atoms with E-state index < -0.39 is 36.2 Å². The summed E-state index contributed by atoms with van der Waals surface area (Å²) in [5.41, 5.74) is 6.71. The molecule has 1 unspecified atom stereocenters. The van der Waals surface area contributed by atoms with Gasteiger partial charge in [-0.3, -0.25) is 19.2 Å². The van der Waals surface area contributed by atoms with Crippen molar-refractivity contribution in [2.24, 2.45) is 11.7 Å². The van der Waals surface area contributed by atoms with Crippen LogP contribution in [0.25, 0.3) is 0 Å². The van der Waals surface area contributed by atoms with Gasteiger partial charge in [-0.1, -0.05) is 59.4 Å². The van der Waals surface area contributed by atoms with E-state index in [-0.39, 0.29) is 49.1 Å². The molecule has 39 heavy (non-hydrogen) atoms. The zero-order valence-corrected chi connectivity index (χ0v) is 24.5. The maximum absolute atomic E-state index is 12.6. The monoisotopic (exact) mass is 549 g/mol. The molecule has 0 spiro atoms. The van der Waals surface area contributed by atoms with Gasteiger partial charge in [0.2, 0.25) is 0 Å². The van der Waals surface area contributed by atoms with Crippen LogP contribution in [0.1, 0.15) is 105 Å². The van der Waals surface area contributed by atoms with Crippen molar-refractivity contribution in [3.05, 3.63) is 23.8 Å². The van der Waals surface area contributed by atoms with E-state index in [1.807, 2.05) is 27.7 Å². The zero-order valence-electron chi connectivity index (χ0n) is 24.5. The first kappa shape index (κ1) is 34.1. The van der Waals surface area contributed by atoms with Crippen LogP contribution in [0.5, 0.6) is 11.5 Å². The maximum Gasteiger partial charge on any atom is 0.323 e. The second kappa shape index (κ2) is 18.4. The van der Waals surface area contributed by atoms with E-state index in [1.54, 1.807) is 32.0 Å². The molecule has 0 bridgehead atoms. The number of nitrogens with two attached hydrogens (primary N) is 1. The first-order chi connectivity index (χ1) is 18.5. The van der Waals surface area contributed by atoms with Gasteiger partial charge in [-0.25, -0.2) is 0 Å². The molecule has 3 atom stereocenters. The van der Waals surface area contributed by atoms with Gasteiger partial charge < -0.3 is 24.7 Å². The number of unbranched alkanes of at least 4 members (excludes halogenated alkanes) is 4. The van der Waals surface area contributed by atoms with E-state index in [4.69, 9.17) is 24.7 Å². The third kappa shape index (κ3) is 14.1. The molecule has 0 radical (unpaired) electrons. The van der Waals surface area contributed by atoms with Crippen LogP contribution in [0.2, 0.25) is 0 Å². The number of hydrogen-bond acceptors (Lipinski definition) is 9. The highest BCUT2D eigenvalue weighted by Gasteiger charge is 2.25. The van der Waals surface area contributed by atoms with E-state index in [1.165, 1.54) is 0 Å². The lowest BCUT2D eigenvalue weighted by Crippen LogP contribution is -2.39. The lowest BCUT2D eigenvalue weighted by atomic mass is 10.1. The minimum absolute atomic E-state index is 0.0954. The molecule has 9 heteroatoms. The molecule has 220 valence electrons. The summed E-state index contributed by atoms with van der Waals surface area (Å²) in [6.07, 6.45) is 4.74. The number of ether oxygens (including phenoxy) is 4. The van der Waals surface area contributed by atoms with Crippen molar-refractivity contribution in [2.45, 2.75) is 124 Å². The van der Waals surface area contributed by atoms with E-state index in [9.17, 15) is 19.2 Å². The summed E-state index contributed by atoms with van der Waals surface area (Å²) in [4.78, 5) is 49.2. The SMILES string of the molecule is CCCCCC(=O)Oc1ccc(C[C@H](N)C(=O)O[C@@H](C)C(C)OC(=O)CC(C)C)cc1OC(=O)CCCCC. The second-order valence-electron chi connectivity index (χ2n) is 10.4. The molecule has 0 amide bonds. The van der Waals surface area contributed by atoms with E-state index >= 15 is 0 Å². The molecule has 0 aliphatic rings. The predicted octanol–water partition coefficient (Wildman–Crippen LogP) is 5.44. The Kier molecular flexibility index (Phi) is 16.1. The van der Waals surface area contributed by atoms with Crippen LogP contribution < -0.4 is 15.2 Å². The zero-order chi connectivity index (χ0) is 29.4. The van der Waals surface area contributed by atoms with Crippen LogP contribution in [0, 0.1) is 5.92 Å². The molecule has 0 saturated heterocycles. The smallest absolute Gasteiger partial charge is 0.323 e. The van der Waals surface area contributed by atoms with E-state index in [0.29, 0.717) is 18.4 Å². The highest BCUT2D eigenvalue weighted by molar-refractivity contribution is 5.77. The normalized spacial score (nSPS) is 13.3. The fourth-order valence-electron chi connectivity index (χ4n) is 3.62. The Labute approximate surface area is 233 Å². The molecule has 2 N–H and O–H groups in total. The fourth-order valence-corrected chi connectivity index (χ4v) is 3.62. The maximum atomic E-state index is 12.6. The predicted molar refractivity (Wildman–Crippen MR) is 148 cm³/mol. The quantitative estimate of drug-likeness (QED) is 0.144. The lowest BCUT2D eigenvalue weighted by molar-refractivity contribution is -0.166. The molecule has 0 heterocycles. The van der Waals surface area contributed by atoms with Crippen LogP contribution in [-0.4, -0.2) is 42.1 Å². The Bertz CT molecular complexity index is 930. The van der Waals surface area contributed by atoms with Crippen LogP contribution >= 0.6 is 0 Å². The highest BCUT2D eigenvalue weighted by atomic mass is 16.6. The van der Waals surface area contributed by atoms with Gasteiger partial charge in [-0.2, -0.15) is 0 Å². The summed E-state index contributed by atoms with van der Waals surface area (Å²) in [7, 11) is 0. The average molecular weight is 550 g/mol. The first-order valence-corrected chi connectivity index (χ1v) is 14.2. The van der Waals surface area contributed by atoms with Crippen molar-refractivity contribution in [3.8, 4) is 11.5 Å². The van der Waals surface area contributed by atoms with E-state index in [0.717, 1.165) is 25.7 Å². The van der Waals surface area contributed by atoms with Gasteiger partial charge in [0.05, 0.1) is 0 Å². The second-order valence-corrected chi connectivity index (χ2v) is 10.4. The summed E-state index contributed by atoms with van der Waals surface area (Å²) in [5.74, 6) is -1.43. The van der Waals surface area contributed by atoms with Crippen LogP contribution in [-0.2, 0) is 35.1 Å². The molecule has 1 aromatic rings. The van der Waals surface area contributed by atoms with Crippen LogP contribution in [0.3, 0.4) is 0 Å². The average Bonchev–Trinajstić information content (AvgIpc) is 2.85. The van der Waals surface area contributed by atoms with E-state index in [2.05, 4.69) is 0 Å². The molecule has 0 aromatic heterocycles. The minimum Gasteiger partial charge on any atom is -0.459 e. The Morgan fingerprint density at radius 1 is 0.744 bits per heavy atom. The van der Waals surface area contributed by atoms with Gasteiger partial charge in [0.15, 0.2) is 11.5 Å². The van der Waals surface area contributed by atoms with Gasteiger partial charge in [-0.05, 0) is 56.7 Å². The minimum atomic E-state index is -1.01. The molecule has 0 aliphatic carbocycles. The molecule has 9 nitrogen and oxygen atoms in total. The summed E-state index contributed by atoms with van der Waals surface area (Å²) in [5, 5.41) is 0. The van der Waals surface area contributed by atoms with Crippen LogP contribution in [0.15, 0.2) is 18.2 Å². The molecule has 0 fully saturated rings. The van der Waals surface area contributed by atoms with Gasteiger partial charge in [0.25, 0.3) is 0 Å². The number of esters is 4. The molecule has 0 aliphatic heterocycles. The van der Waals surface area contributed by atoms with Crippen LogP contribution in [0.4, 0.5) is 0 Å². The summed E-state index contributed by atoms with van der Waals surface area (Å²) in [6, 6.07) is 3.75. The lowest BCUT2D eigenvalue weighted by Gasteiger charge is -2.23. The molecular formula is C30H47NO8. The molecule has 1 rings (SSSR count). The summed E-state index contributed by atoms with van der Waals surface area (Å²) in [6.45, 7) is 11.2. The third-order valence-electron chi connectivity index (χ3n) is 6.04. The Hall–Kier alpha value is -2.94. The van der Waals surface area contributed by atoms with Gasteiger partial charge in [-0.15, -0.1) is 0 Å². The number of benzene rings is 1. The Morgan fingerprint density at radius 3 is 1.82 bits per heavy atom. The number of carbonyl (C=O) groups excluding carboxylic acids is 4. The van der Waals surface area contributed by atoms with Gasteiger partial charge >= 0.3 is 23.9 Å².